The van der Waals surface area contributed by atoms with E-state index in [1.807, 2.05) is 0 Å². The van der Waals surface area contributed by atoms with Gasteiger partial charge < -0.3 is 5.32 Å². The van der Waals surface area contributed by atoms with Crippen molar-refractivity contribution in [1.82, 2.24) is 4.98 Å². The predicted octanol–water partition coefficient (Wildman–Crippen LogP) is 7.14. The van der Waals surface area contributed by atoms with Gasteiger partial charge in [0.15, 0.2) is 5.13 Å². The monoisotopic (exact) mass is 431 g/mol. The van der Waals surface area contributed by atoms with Gasteiger partial charge in [-0.25, -0.2) is 4.98 Å². The molecule has 0 bridgehead atoms. The SMILES string of the molecule is CCCCCC=CCC=CCC=CCC=CCCCC(=O)Nc1ncc([N+](=O)[O-])s1. The van der Waals surface area contributed by atoms with Crippen LogP contribution in [0.5, 0.6) is 0 Å². The van der Waals surface area contributed by atoms with Crippen LogP contribution in [-0.2, 0) is 4.79 Å². The van der Waals surface area contributed by atoms with Crippen molar-refractivity contribution in [3.05, 3.63) is 64.9 Å². The Kier molecular flexibility index (Phi) is 14.7. The van der Waals surface area contributed by atoms with Gasteiger partial charge in [-0.1, -0.05) is 68.4 Å². The van der Waals surface area contributed by atoms with Crippen LogP contribution in [0.15, 0.2) is 54.8 Å². The lowest BCUT2D eigenvalue weighted by molar-refractivity contribution is -0.380. The summed E-state index contributed by atoms with van der Waals surface area (Å²) in [4.78, 5) is 25.7. The molecular weight excluding hydrogens is 398 g/mol. The highest BCUT2D eigenvalue weighted by Crippen LogP contribution is 2.25. The number of rotatable bonds is 16. The molecule has 0 aromatic carbocycles. The summed E-state index contributed by atoms with van der Waals surface area (Å²) in [7, 11) is 0. The summed E-state index contributed by atoms with van der Waals surface area (Å²) in [6.07, 6.45) is 28.4. The molecule has 7 heteroatoms. The lowest BCUT2D eigenvalue weighted by Crippen LogP contribution is -2.10. The highest BCUT2D eigenvalue weighted by atomic mass is 32.1. The van der Waals surface area contributed by atoms with E-state index in [0.717, 1.165) is 49.6 Å². The zero-order valence-electron chi connectivity index (χ0n) is 17.8. The average molecular weight is 432 g/mol. The molecule has 1 N–H and O–H groups in total. The van der Waals surface area contributed by atoms with Gasteiger partial charge in [0.2, 0.25) is 5.91 Å². The Balaban J connectivity index is 2.01. The summed E-state index contributed by atoms with van der Waals surface area (Å²) in [5, 5.41) is 13.4. The van der Waals surface area contributed by atoms with Crippen LogP contribution in [0, 0.1) is 10.1 Å². The number of anilines is 1. The minimum absolute atomic E-state index is 0.0774. The van der Waals surface area contributed by atoms with E-state index in [4.69, 9.17) is 0 Å². The largest absolute Gasteiger partial charge is 0.345 e. The quantitative estimate of drug-likeness (QED) is 0.130. The number of amides is 1. The van der Waals surface area contributed by atoms with Crippen LogP contribution in [0.4, 0.5) is 10.1 Å². The van der Waals surface area contributed by atoms with Crippen molar-refractivity contribution in [3.8, 4) is 0 Å². The first kappa shape index (κ1) is 25.5. The van der Waals surface area contributed by atoms with E-state index in [2.05, 4.69) is 65.8 Å². The maximum absolute atomic E-state index is 11.8. The number of hydrogen-bond acceptors (Lipinski definition) is 5. The summed E-state index contributed by atoms with van der Waals surface area (Å²) < 4.78 is 0. The summed E-state index contributed by atoms with van der Waals surface area (Å²) >= 11 is 0.863. The summed E-state index contributed by atoms with van der Waals surface area (Å²) in [5.74, 6) is -0.171. The Bertz CT molecular complexity index is 736. The third-order valence-corrected chi connectivity index (χ3v) is 5.02. The molecule has 0 unspecified atom stereocenters. The zero-order valence-corrected chi connectivity index (χ0v) is 18.6. The van der Waals surface area contributed by atoms with Gasteiger partial charge in [-0.15, -0.1) is 0 Å². The Labute approximate surface area is 183 Å². The van der Waals surface area contributed by atoms with E-state index in [9.17, 15) is 14.9 Å². The van der Waals surface area contributed by atoms with Gasteiger partial charge in [-0.2, -0.15) is 0 Å². The van der Waals surface area contributed by atoms with Crippen LogP contribution in [0.25, 0.3) is 0 Å². The van der Waals surface area contributed by atoms with E-state index < -0.39 is 4.92 Å². The number of aromatic nitrogens is 1. The molecular formula is C23H33N3O3S. The number of carbonyl (C=O) groups excluding carboxylic acids is 1. The standard InChI is InChI=1S/C23H33N3O3S/c1-2-3-4-5-6-7-8-9-10-11-12-13-14-15-16-17-18-19-21(27)25-23-24-20-22(30-23)26(28)29/h6-7,9-10,12-13,15-16,20H,2-5,8,11,14,17-19H2,1H3,(H,24,25,27). The fourth-order valence-corrected chi connectivity index (χ4v) is 3.18. The number of allylic oxidation sites excluding steroid dienone is 8. The molecule has 0 aliphatic rings. The van der Waals surface area contributed by atoms with E-state index in [0.29, 0.717) is 6.42 Å². The normalized spacial score (nSPS) is 12.0. The van der Waals surface area contributed by atoms with Crippen LogP contribution < -0.4 is 5.32 Å². The molecule has 0 saturated carbocycles. The molecule has 0 spiro atoms. The molecule has 1 amide bonds. The Hall–Kier alpha value is -2.54. The second-order valence-electron chi connectivity index (χ2n) is 6.79. The first-order valence-electron chi connectivity index (χ1n) is 10.6. The van der Waals surface area contributed by atoms with Crippen molar-refractivity contribution in [2.24, 2.45) is 0 Å². The van der Waals surface area contributed by atoms with Gasteiger partial charge in [-0.05, 0) is 56.3 Å². The second kappa shape index (κ2) is 17.3. The molecule has 0 saturated heterocycles. The van der Waals surface area contributed by atoms with Gasteiger partial charge >= 0.3 is 5.00 Å². The van der Waals surface area contributed by atoms with Gasteiger partial charge in [0.25, 0.3) is 0 Å². The van der Waals surface area contributed by atoms with Gasteiger partial charge in [0.05, 0.1) is 4.92 Å². The lowest BCUT2D eigenvalue weighted by atomic mass is 10.2. The molecule has 0 fully saturated rings. The maximum atomic E-state index is 11.8. The summed E-state index contributed by atoms with van der Waals surface area (Å²) in [6, 6.07) is 0. The van der Waals surface area contributed by atoms with Crippen molar-refractivity contribution in [2.45, 2.75) is 71.1 Å². The topological polar surface area (TPSA) is 85.1 Å². The number of nitrogens with one attached hydrogen (secondary N) is 1. The molecule has 0 aliphatic heterocycles. The number of thiazole rings is 1. The van der Waals surface area contributed by atoms with E-state index in [1.54, 1.807) is 0 Å². The van der Waals surface area contributed by atoms with Crippen molar-refractivity contribution >= 4 is 27.4 Å². The molecule has 1 aromatic rings. The van der Waals surface area contributed by atoms with Crippen LogP contribution >= 0.6 is 11.3 Å². The Morgan fingerprint density at radius 3 is 2.10 bits per heavy atom. The molecule has 1 aromatic heterocycles. The molecule has 30 heavy (non-hydrogen) atoms. The molecule has 0 atom stereocenters. The highest BCUT2D eigenvalue weighted by Gasteiger charge is 2.12. The fourth-order valence-electron chi connectivity index (χ4n) is 2.53. The third kappa shape index (κ3) is 13.6. The Morgan fingerprint density at radius 1 is 1.00 bits per heavy atom. The average Bonchev–Trinajstić information content (AvgIpc) is 3.19. The minimum Gasteiger partial charge on any atom is -0.302 e. The van der Waals surface area contributed by atoms with Crippen LogP contribution in [0.3, 0.4) is 0 Å². The molecule has 164 valence electrons. The van der Waals surface area contributed by atoms with Crippen molar-refractivity contribution < 1.29 is 9.72 Å². The lowest BCUT2D eigenvalue weighted by Gasteiger charge is -1.99. The van der Waals surface area contributed by atoms with Crippen LogP contribution in [0.2, 0.25) is 0 Å². The van der Waals surface area contributed by atoms with Crippen molar-refractivity contribution in [1.29, 1.82) is 0 Å². The predicted molar refractivity (Wildman–Crippen MR) is 126 cm³/mol. The first-order chi connectivity index (χ1) is 14.6. The van der Waals surface area contributed by atoms with E-state index in [1.165, 1.54) is 25.7 Å². The van der Waals surface area contributed by atoms with E-state index in [-0.39, 0.29) is 16.0 Å². The molecule has 1 rings (SSSR count). The fraction of sp³-hybridized carbons (Fsp3) is 0.478. The maximum Gasteiger partial charge on any atom is 0.345 e. The van der Waals surface area contributed by atoms with Crippen molar-refractivity contribution in [3.63, 3.8) is 0 Å². The molecule has 0 radical (unpaired) electrons. The number of unbranched alkanes of at least 4 members (excludes halogenated alkanes) is 4. The zero-order chi connectivity index (χ0) is 21.9. The molecule has 1 heterocycles. The third-order valence-electron chi connectivity index (χ3n) is 4.15. The summed E-state index contributed by atoms with van der Waals surface area (Å²) in [6.45, 7) is 2.22. The molecule has 0 aliphatic carbocycles. The van der Waals surface area contributed by atoms with Crippen molar-refractivity contribution in [2.75, 3.05) is 5.32 Å². The second-order valence-corrected chi connectivity index (χ2v) is 7.80. The highest BCUT2D eigenvalue weighted by molar-refractivity contribution is 7.18. The number of carbonyl (C=O) groups is 1. The van der Waals surface area contributed by atoms with E-state index >= 15 is 0 Å². The van der Waals surface area contributed by atoms with Crippen LogP contribution in [-0.4, -0.2) is 15.8 Å². The first-order valence-corrected chi connectivity index (χ1v) is 11.4. The van der Waals surface area contributed by atoms with Gasteiger partial charge in [0, 0.05) is 6.42 Å². The number of nitro groups is 1. The smallest absolute Gasteiger partial charge is 0.302 e. The van der Waals surface area contributed by atoms with Gasteiger partial charge in [-0.3, -0.25) is 14.9 Å². The van der Waals surface area contributed by atoms with Gasteiger partial charge in [0.1, 0.15) is 6.20 Å². The number of nitrogens with zero attached hydrogens (tertiary/aromatic N) is 2. The number of hydrogen-bond donors (Lipinski definition) is 1. The molecule has 6 nitrogen and oxygen atoms in total. The Morgan fingerprint density at radius 2 is 1.57 bits per heavy atom. The summed E-state index contributed by atoms with van der Waals surface area (Å²) in [5.41, 5.74) is 0. The van der Waals surface area contributed by atoms with Crippen LogP contribution in [0.1, 0.15) is 71.1 Å². The minimum atomic E-state index is -0.517.